The standard InChI is InChI=1S/C21H22N2O4/c1-25-17-10-9-16(14-19(17)26-2)21(24)23-12-5-13-27-18-8-3-6-15-7-4-11-22-20(15)18/h3-4,6-11,14H,5,12-13H2,1-2H3,(H,23,24). The predicted molar refractivity (Wildman–Crippen MR) is 104 cm³/mol. The van der Waals surface area contributed by atoms with E-state index in [0.29, 0.717) is 36.6 Å². The van der Waals surface area contributed by atoms with Gasteiger partial charge in [-0.25, -0.2) is 0 Å². The van der Waals surface area contributed by atoms with Crippen molar-refractivity contribution >= 4 is 16.8 Å². The molecular formula is C21H22N2O4. The number of carbonyl (C=O) groups excluding carboxylic acids is 1. The number of nitrogens with one attached hydrogen (secondary N) is 1. The normalized spacial score (nSPS) is 10.4. The van der Waals surface area contributed by atoms with Gasteiger partial charge < -0.3 is 19.5 Å². The van der Waals surface area contributed by atoms with Crippen molar-refractivity contribution < 1.29 is 19.0 Å². The molecule has 1 aromatic heterocycles. The van der Waals surface area contributed by atoms with Crippen LogP contribution in [0.4, 0.5) is 0 Å². The lowest BCUT2D eigenvalue weighted by atomic mass is 10.2. The van der Waals surface area contributed by atoms with Crippen molar-refractivity contribution in [2.45, 2.75) is 6.42 Å². The van der Waals surface area contributed by atoms with Crippen LogP contribution in [0.15, 0.2) is 54.7 Å². The Labute approximate surface area is 158 Å². The van der Waals surface area contributed by atoms with E-state index in [4.69, 9.17) is 14.2 Å². The largest absolute Gasteiger partial charge is 0.493 e. The molecular weight excluding hydrogens is 344 g/mol. The first-order valence-corrected chi connectivity index (χ1v) is 8.69. The van der Waals surface area contributed by atoms with Crippen LogP contribution in [0.1, 0.15) is 16.8 Å². The monoisotopic (exact) mass is 366 g/mol. The number of hydrogen-bond acceptors (Lipinski definition) is 5. The molecule has 0 bridgehead atoms. The highest BCUT2D eigenvalue weighted by molar-refractivity contribution is 5.94. The summed E-state index contributed by atoms with van der Waals surface area (Å²) in [4.78, 5) is 16.6. The van der Waals surface area contributed by atoms with Crippen LogP contribution in [-0.4, -0.2) is 38.3 Å². The average Bonchev–Trinajstić information content (AvgIpc) is 2.72. The summed E-state index contributed by atoms with van der Waals surface area (Å²) in [5.74, 6) is 1.70. The second-order valence-corrected chi connectivity index (χ2v) is 5.86. The van der Waals surface area contributed by atoms with Gasteiger partial charge in [-0.15, -0.1) is 0 Å². The third kappa shape index (κ3) is 4.47. The first kappa shape index (κ1) is 18.5. The molecule has 3 aromatic rings. The van der Waals surface area contributed by atoms with Gasteiger partial charge in [0.05, 0.1) is 20.8 Å². The van der Waals surface area contributed by atoms with Gasteiger partial charge in [0.2, 0.25) is 0 Å². The first-order chi connectivity index (χ1) is 13.2. The number of rotatable bonds is 8. The van der Waals surface area contributed by atoms with Crippen molar-refractivity contribution in [1.82, 2.24) is 10.3 Å². The molecule has 0 radical (unpaired) electrons. The summed E-state index contributed by atoms with van der Waals surface area (Å²) in [5, 5.41) is 3.92. The van der Waals surface area contributed by atoms with Gasteiger partial charge in [-0.2, -0.15) is 0 Å². The van der Waals surface area contributed by atoms with Crippen LogP contribution in [-0.2, 0) is 0 Å². The number of nitrogens with zero attached hydrogens (tertiary/aromatic N) is 1. The van der Waals surface area contributed by atoms with E-state index in [1.807, 2.05) is 30.3 Å². The quantitative estimate of drug-likeness (QED) is 0.619. The lowest BCUT2D eigenvalue weighted by Crippen LogP contribution is -2.25. The van der Waals surface area contributed by atoms with Crippen LogP contribution >= 0.6 is 0 Å². The van der Waals surface area contributed by atoms with Gasteiger partial charge in [-0.3, -0.25) is 9.78 Å². The van der Waals surface area contributed by atoms with Crippen molar-refractivity contribution in [1.29, 1.82) is 0 Å². The number of para-hydroxylation sites is 1. The Hall–Kier alpha value is -3.28. The molecule has 0 saturated carbocycles. The molecule has 140 valence electrons. The molecule has 3 rings (SSSR count). The van der Waals surface area contributed by atoms with Gasteiger partial charge in [0, 0.05) is 23.7 Å². The van der Waals surface area contributed by atoms with Gasteiger partial charge in [0.1, 0.15) is 11.3 Å². The summed E-state index contributed by atoms with van der Waals surface area (Å²) in [6.45, 7) is 0.993. The number of benzene rings is 2. The highest BCUT2D eigenvalue weighted by Gasteiger charge is 2.10. The lowest BCUT2D eigenvalue weighted by Gasteiger charge is -2.11. The van der Waals surface area contributed by atoms with Gasteiger partial charge in [0.25, 0.3) is 5.91 Å². The third-order valence-electron chi connectivity index (χ3n) is 4.11. The van der Waals surface area contributed by atoms with Gasteiger partial charge in [-0.1, -0.05) is 18.2 Å². The molecule has 1 heterocycles. The zero-order valence-electron chi connectivity index (χ0n) is 15.4. The number of aromatic nitrogens is 1. The Morgan fingerprint density at radius 2 is 1.81 bits per heavy atom. The number of ether oxygens (including phenoxy) is 3. The van der Waals surface area contributed by atoms with Crippen molar-refractivity contribution in [2.75, 3.05) is 27.4 Å². The minimum atomic E-state index is -0.164. The Morgan fingerprint density at radius 3 is 2.63 bits per heavy atom. The Morgan fingerprint density at radius 1 is 1.00 bits per heavy atom. The van der Waals surface area contributed by atoms with E-state index in [0.717, 1.165) is 16.7 Å². The molecule has 0 unspecified atom stereocenters. The summed E-state index contributed by atoms with van der Waals surface area (Å²) < 4.78 is 16.2. The maximum Gasteiger partial charge on any atom is 0.251 e. The minimum Gasteiger partial charge on any atom is -0.493 e. The van der Waals surface area contributed by atoms with Crippen LogP contribution < -0.4 is 19.5 Å². The molecule has 1 amide bonds. The second-order valence-electron chi connectivity index (χ2n) is 5.86. The maximum atomic E-state index is 12.3. The maximum absolute atomic E-state index is 12.3. The fourth-order valence-corrected chi connectivity index (χ4v) is 2.73. The fraction of sp³-hybridized carbons (Fsp3) is 0.238. The van der Waals surface area contributed by atoms with Gasteiger partial charge in [-0.05, 0) is 36.8 Å². The molecule has 2 aromatic carbocycles. The van der Waals surface area contributed by atoms with Gasteiger partial charge >= 0.3 is 0 Å². The molecule has 0 aliphatic rings. The number of hydrogen-bond donors (Lipinski definition) is 1. The fourth-order valence-electron chi connectivity index (χ4n) is 2.73. The Balaban J connectivity index is 1.49. The lowest BCUT2D eigenvalue weighted by molar-refractivity contribution is 0.0951. The average molecular weight is 366 g/mol. The molecule has 0 aliphatic heterocycles. The number of amides is 1. The molecule has 6 heteroatoms. The number of carbonyl (C=O) groups is 1. The van der Waals surface area contributed by atoms with Crippen LogP contribution in [0.25, 0.3) is 10.9 Å². The zero-order valence-corrected chi connectivity index (χ0v) is 15.4. The van der Waals surface area contributed by atoms with Crippen molar-refractivity contribution in [3.63, 3.8) is 0 Å². The number of pyridine rings is 1. The van der Waals surface area contributed by atoms with Crippen molar-refractivity contribution in [3.8, 4) is 17.2 Å². The van der Waals surface area contributed by atoms with E-state index in [9.17, 15) is 4.79 Å². The van der Waals surface area contributed by atoms with Gasteiger partial charge in [0.15, 0.2) is 11.5 Å². The van der Waals surface area contributed by atoms with E-state index in [-0.39, 0.29) is 5.91 Å². The summed E-state index contributed by atoms with van der Waals surface area (Å²) in [7, 11) is 3.10. The zero-order chi connectivity index (χ0) is 19.1. The highest BCUT2D eigenvalue weighted by Crippen LogP contribution is 2.27. The molecule has 1 N–H and O–H groups in total. The third-order valence-corrected chi connectivity index (χ3v) is 4.11. The topological polar surface area (TPSA) is 69.7 Å². The van der Waals surface area contributed by atoms with E-state index in [2.05, 4.69) is 10.3 Å². The van der Waals surface area contributed by atoms with Crippen LogP contribution in [0.5, 0.6) is 17.2 Å². The molecule has 0 aliphatic carbocycles. The molecule has 0 fully saturated rings. The molecule has 6 nitrogen and oxygen atoms in total. The van der Waals surface area contributed by atoms with E-state index in [1.54, 1.807) is 38.6 Å². The minimum absolute atomic E-state index is 0.164. The van der Waals surface area contributed by atoms with Crippen LogP contribution in [0.2, 0.25) is 0 Å². The smallest absolute Gasteiger partial charge is 0.251 e. The summed E-state index contributed by atoms with van der Waals surface area (Å²) in [6, 6.07) is 14.8. The molecule has 0 spiro atoms. The number of methoxy groups -OCH3 is 2. The predicted octanol–water partition coefficient (Wildman–Crippen LogP) is 3.45. The molecule has 0 atom stereocenters. The van der Waals surface area contributed by atoms with E-state index >= 15 is 0 Å². The number of fused-ring (bicyclic) bond motifs is 1. The van der Waals surface area contributed by atoms with E-state index < -0.39 is 0 Å². The Bertz CT molecular complexity index is 922. The van der Waals surface area contributed by atoms with E-state index in [1.165, 1.54) is 0 Å². The van der Waals surface area contributed by atoms with Crippen molar-refractivity contribution in [3.05, 3.63) is 60.3 Å². The molecule has 0 saturated heterocycles. The summed E-state index contributed by atoms with van der Waals surface area (Å²) >= 11 is 0. The SMILES string of the molecule is COc1ccc(C(=O)NCCCOc2cccc3cccnc23)cc1OC. The van der Waals surface area contributed by atoms with Crippen LogP contribution in [0.3, 0.4) is 0 Å². The Kier molecular flexibility index (Phi) is 6.10. The summed E-state index contributed by atoms with van der Waals surface area (Å²) in [5.41, 5.74) is 1.36. The molecule has 27 heavy (non-hydrogen) atoms. The van der Waals surface area contributed by atoms with Crippen LogP contribution in [0, 0.1) is 0 Å². The first-order valence-electron chi connectivity index (χ1n) is 8.69. The highest BCUT2D eigenvalue weighted by atomic mass is 16.5. The van der Waals surface area contributed by atoms with Crippen molar-refractivity contribution in [2.24, 2.45) is 0 Å². The second kappa shape index (κ2) is 8.89. The summed E-state index contributed by atoms with van der Waals surface area (Å²) in [6.07, 6.45) is 2.43.